The van der Waals surface area contributed by atoms with Gasteiger partial charge >= 0.3 is 0 Å². The SMILES string of the molecule is CNCc1cc(S(=O)(=O)N(C)C(C)Cc2cccs2)c[nH]1. The van der Waals surface area contributed by atoms with Crippen LogP contribution in [0.2, 0.25) is 0 Å². The Balaban J connectivity index is 2.13. The lowest BCUT2D eigenvalue weighted by Gasteiger charge is -2.23. The highest BCUT2D eigenvalue weighted by Crippen LogP contribution is 2.20. The summed E-state index contributed by atoms with van der Waals surface area (Å²) in [4.78, 5) is 4.49. The molecule has 0 aliphatic carbocycles. The second-order valence-electron chi connectivity index (χ2n) is 5.04. The zero-order chi connectivity index (χ0) is 15.5. The lowest BCUT2D eigenvalue weighted by atomic mass is 10.2. The fourth-order valence-corrected chi connectivity index (χ4v) is 4.32. The zero-order valence-corrected chi connectivity index (χ0v) is 14.1. The van der Waals surface area contributed by atoms with Crippen molar-refractivity contribution in [3.05, 3.63) is 40.3 Å². The van der Waals surface area contributed by atoms with Gasteiger partial charge in [-0.2, -0.15) is 4.31 Å². The fraction of sp³-hybridized carbons (Fsp3) is 0.429. The molecule has 7 heteroatoms. The highest BCUT2D eigenvalue weighted by molar-refractivity contribution is 7.89. The number of thiophene rings is 1. The first kappa shape index (κ1) is 16.2. The van der Waals surface area contributed by atoms with Crippen molar-refractivity contribution >= 4 is 21.4 Å². The lowest BCUT2D eigenvalue weighted by molar-refractivity contribution is 0.388. The van der Waals surface area contributed by atoms with E-state index in [1.165, 1.54) is 9.18 Å². The van der Waals surface area contributed by atoms with Crippen LogP contribution in [0.1, 0.15) is 17.5 Å². The van der Waals surface area contributed by atoms with E-state index in [4.69, 9.17) is 0 Å². The Hall–Kier alpha value is -1.15. The number of aromatic amines is 1. The van der Waals surface area contributed by atoms with Gasteiger partial charge in [0.2, 0.25) is 10.0 Å². The van der Waals surface area contributed by atoms with Crippen molar-refractivity contribution in [3.8, 4) is 0 Å². The van der Waals surface area contributed by atoms with Crippen LogP contribution in [-0.4, -0.2) is 37.8 Å². The molecule has 0 fully saturated rings. The van der Waals surface area contributed by atoms with Gasteiger partial charge < -0.3 is 10.3 Å². The van der Waals surface area contributed by atoms with E-state index in [1.54, 1.807) is 30.6 Å². The first-order valence-electron chi connectivity index (χ1n) is 6.77. The molecule has 2 aromatic heterocycles. The number of likely N-dealkylation sites (N-methyl/N-ethyl adjacent to an activating group) is 1. The number of nitrogens with one attached hydrogen (secondary N) is 2. The van der Waals surface area contributed by atoms with Gasteiger partial charge in [0.25, 0.3) is 0 Å². The summed E-state index contributed by atoms with van der Waals surface area (Å²) >= 11 is 1.65. The molecular weight excluding hydrogens is 306 g/mol. The highest BCUT2D eigenvalue weighted by Gasteiger charge is 2.26. The minimum absolute atomic E-state index is 0.0868. The number of H-pyrrole nitrogens is 1. The van der Waals surface area contributed by atoms with Crippen molar-refractivity contribution in [2.75, 3.05) is 14.1 Å². The van der Waals surface area contributed by atoms with Crippen molar-refractivity contribution in [2.45, 2.75) is 30.8 Å². The second kappa shape index (κ2) is 6.74. The van der Waals surface area contributed by atoms with E-state index in [-0.39, 0.29) is 6.04 Å². The standard InChI is InChI=1S/C14H21N3O2S2/c1-11(7-13-5-4-6-20-13)17(3)21(18,19)14-8-12(9-15-2)16-10-14/h4-6,8,10-11,15-16H,7,9H2,1-3H3. The summed E-state index contributed by atoms with van der Waals surface area (Å²) < 4.78 is 26.7. The molecule has 1 unspecified atom stereocenters. The van der Waals surface area contributed by atoms with Gasteiger partial charge in [0, 0.05) is 36.4 Å². The maximum absolute atomic E-state index is 12.6. The molecule has 0 amide bonds. The summed E-state index contributed by atoms with van der Waals surface area (Å²) in [6, 6.07) is 5.61. The predicted molar refractivity (Wildman–Crippen MR) is 86.0 cm³/mol. The van der Waals surface area contributed by atoms with Gasteiger partial charge in [-0.1, -0.05) is 6.07 Å². The van der Waals surface area contributed by atoms with Crippen LogP contribution in [0.15, 0.2) is 34.7 Å². The number of rotatable bonds is 7. The lowest BCUT2D eigenvalue weighted by Crippen LogP contribution is -2.36. The molecule has 0 aliphatic heterocycles. The minimum Gasteiger partial charge on any atom is -0.363 e. The average molecular weight is 327 g/mol. The monoisotopic (exact) mass is 327 g/mol. The Morgan fingerprint density at radius 3 is 2.86 bits per heavy atom. The van der Waals surface area contributed by atoms with Gasteiger partial charge in [0.1, 0.15) is 0 Å². The Bertz CT molecular complexity index is 662. The van der Waals surface area contributed by atoms with Crippen LogP contribution < -0.4 is 5.32 Å². The predicted octanol–water partition coefficient (Wildman–Crippen LogP) is 2.05. The number of hydrogen-bond acceptors (Lipinski definition) is 4. The summed E-state index contributed by atoms with van der Waals surface area (Å²) in [5.74, 6) is 0. The molecule has 0 bridgehead atoms. The van der Waals surface area contributed by atoms with E-state index < -0.39 is 10.0 Å². The van der Waals surface area contributed by atoms with Gasteiger partial charge in [-0.3, -0.25) is 0 Å². The molecular formula is C14H21N3O2S2. The van der Waals surface area contributed by atoms with E-state index >= 15 is 0 Å². The molecule has 5 nitrogen and oxygen atoms in total. The molecule has 2 rings (SSSR count). The summed E-state index contributed by atoms with van der Waals surface area (Å²) in [6.07, 6.45) is 2.28. The normalized spacial score (nSPS) is 13.7. The maximum atomic E-state index is 12.6. The number of hydrogen-bond donors (Lipinski definition) is 2. The second-order valence-corrected chi connectivity index (χ2v) is 8.07. The smallest absolute Gasteiger partial charge is 0.244 e. The van der Waals surface area contributed by atoms with Crippen LogP contribution in [0.3, 0.4) is 0 Å². The van der Waals surface area contributed by atoms with Crippen molar-refractivity contribution in [2.24, 2.45) is 0 Å². The third-order valence-electron chi connectivity index (χ3n) is 3.46. The van der Waals surface area contributed by atoms with Crippen LogP contribution in [0.25, 0.3) is 0 Å². The number of sulfonamides is 1. The Morgan fingerprint density at radius 2 is 2.24 bits per heavy atom. The van der Waals surface area contributed by atoms with E-state index in [0.29, 0.717) is 11.4 Å². The number of nitrogens with zero attached hydrogens (tertiary/aromatic N) is 1. The topological polar surface area (TPSA) is 65.2 Å². The van der Waals surface area contributed by atoms with Crippen LogP contribution in [-0.2, 0) is 23.0 Å². The molecule has 0 radical (unpaired) electrons. The van der Waals surface area contributed by atoms with E-state index in [1.807, 2.05) is 31.5 Å². The summed E-state index contributed by atoms with van der Waals surface area (Å²) in [6.45, 7) is 2.54. The first-order chi connectivity index (χ1) is 9.95. The van der Waals surface area contributed by atoms with Gasteiger partial charge in [0.15, 0.2) is 0 Å². The third-order valence-corrected chi connectivity index (χ3v) is 6.31. The Morgan fingerprint density at radius 1 is 1.48 bits per heavy atom. The average Bonchev–Trinajstić information content (AvgIpc) is 3.09. The van der Waals surface area contributed by atoms with Crippen molar-refractivity contribution in [1.82, 2.24) is 14.6 Å². The van der Waals surface area contributed by atoms with Gasteiger partial charge in [-0.25, -0.2) is 8.42 Å². The molecule has 116 valence electrons. The first-order valence-corrected chi connectivity index (χ1v) is 9.09. The van der Waals surface area contributed by atoms with Gasteiger partial charge in [0.05, 0.1) is 4.90 Å². The molecule has 21 heavy (non-hydrogen) atoms. The van der Waals surface area contributed by atoms with Crippen molar-refractivity contribution in [3.63, 3.8) is 0 Å². The molecule has 1 atom stereocenters. The van der Waals surface area contributed by atoms with Crippen LogP contribution in [0.5, 0.6) is 0 Å². The summed E-state index contributed by atoms with van der Waals surface area (Å²) in [5.41, 5.74) is 0.857. The van der Waals surface area contributed by atoms with Crippen LogP contribution in [0.4, 0.5) is 0 Å². The minimum atomic E-state index is -3.46. The summed E-state index contributed by atoms with van der Waals surface area (Å²) in [5, 5.41) is 5.00. The molecule has 0 aliphatic rings. The van der Waals surface area contributed by atoms with Gasteiger partial charge in [-0.05, 0) is 37.9 Å². The Kier molecular flexibility index (Phi) is 5.21. The quantitative estimate of drug-likeness (QED) is 0.818. The molecule has 0 spiro atoms. The highest BCUT2D eigenvalue weighted by atomic mass is 32.2. The van der Waals surface area contributed by atoms with E-state index in [9.17, 15) is 8.42 Å². The van der Waals surface area contributed by atoms with E-state index in [2.05, 4.69) is 10.3 Å². The van der Waals surface area contributed by atoms with Crippen molar-refractivity contribution in [1.29, 1.82) is 0 Å². The molecule has 2 aromatic rings. The summed E-state index contributed by atoms with van der Waals surface area (Å²) in [7, 11) is 0.000965. The van der Waals surface area contributed by atoms with Crippen LogP contribution in [0, 0.1) is 0 Å². The largest absolute Gasteiger partial charge is 0.363 e. The van der Waals surface area contributed by atoms with Crippen molar-refractivity contribution < 1.29 is 8.42 Å². The number of aromatic nitrogens is 1. The molecule has 2 N–H and O–H groups in total. The molecule has 0 saturated carbocycles. The zero-order valence-electron chi connectivity index (χ0n) is 12.5. The third kappa shape index (κ3) is 3.74. The maximum Gasteiger partial charge on any atom is 0.244 e. The van der Waals surface area contributed by atoms with Crippen LogP contribution >= 0.6 is 11.3 Å². The van der Waals surface area contributed by atoms with Gasteiger partial charge in [-0.15, -0.1) is 11.3 Å². The Labute approximate surface area is 130 Å². The molecule has 0 aromatic carbocycles. The molecule has 0 saturated heterocycles. The fourth-order valence-electron chi connectivity index (χ4n) is 2.11. The van der Waals surface area contributed by atoms with E-state index in [0.717, 1.165) is 12.1 Å². The molecule has 2 heterocycles.